The number of ether oxygens (including phenoxy) is 2. The lowest BCUT2D eigenvalue weighted by Crippen LogP contribution is -2.36. The van der Waals surface area contributed by atoms with E-state index in [1.165, 1.54) is 55.1 Å². The Morgan fingerprint density at radius 2 is 1.80 bits per heavy atom. The van der Waals surface area contributed by atoms with Gasteiger partial charge in [-0.05, 0) is 155 Å². The summed E-state index contributed by atoms with van der Waals surface area (Å²) in [5.41, 5.74) is 4.36. The van der Waals surface area contributed by atoms with Gasteiger partial charge >= 0.3 is 5.69 Å². The van der Waals surface area contributed by atoms with E-state index in [-0.39, 0.29) is 29.6 Å². The third kappa shape index (κ3) is 8.93. The number of aromatic nitrogens is 2. The molecule has 4 aliphatic rings. The third-order valence-electron chi connectivity index (χ3n) is 13.0. The molecule has 318 valence electrons. The maximum atomic E-state index is 13.9. The lowest BCUT2D eigenvalue weighted by molar-refractivity contribution is -0.386. The summed E-state index contributed by atoms with van der Waals surface area (Å²) in [6.45, 7) is 3.07. The Bertz CT molecular complexity index is 2610. The van der Waals surface area contributed by atoms with Gasteiger partial charge in [-0.25, -0.2) is 18.1 Å². The molecule has 0 spiro atoms. The van der Waals surface area contributed by atoms with Gasteiger partial charge in [0.05, 0.1) is 33.8 Å². The molecule has 2 saturated carbocycles. The molecule has 0 radical (unpaired) electrons. The van der Waals surface area contributed by atoms with Crippen molar-refractivity contribution in [1.82, 2.24) is 19.6 Å². The molecule has 3 N–H and O–H groups in total. The minimum atomic E-state index is -4.59. The summed E-state index contributed by atoms with van der Waals surface area (Å²) in [5, 5.41) is 23.2. The van der Waals surface area contributed by atoms with Crippen molar-refractivity contribution in [2.45, 2.75) is 106 Å². The number of carbonyl (C=O) groups is 1. The van der Waals surface area contributed by atoms with E-state index in [1.54, 1.807) is 31.3 Å². The lowest BCUT2D eigenvalue weighted by Gasteiger charge is -2.36. The molecule has 5 aromatic rings. The first kappa shape index (κ1) is 40.8. The molecule has 1 amide bonds. The highest BCUT2D eigenvalue weighted by molar-refractivity contribution is 7.90. The van der Waals surface area contributed by atoms with E-state index in [2.05, 4.69) is 49.9 Å². The van der Waals surface area contributed by atoms with Gasteiger partial charge in [0.2, 0.25) is 0 Å². The number of allylic oxidation sites excluding steroid dienone is 1. The first-order chi connectivity index (χ1) is 29.4. The van der Waals surface area contributed by atoms with E-state index in [9.17, 15) is 28.4 Å². The van der Waals surface area contributed by atoms with Crippen LogP contribution in [-0.4, -0.2) is 64.0 Å². The Morgan fingerprint density at radius 1 is 1.00 bits per heavy atom. The largest absolute Gasteiger partial charge is 0.487 e. The number of amides is 1. The SMILES string of the molecule is CC1(O)CCC(COc2ccc(S(=O)(=O)NC(=O)c3ccc(C4=CCC(N5CCC[C@@H]5c5ccccc5C5CC5)CC4)cc3Oc3cnc4[nH]ccc4c3)cc2[N+](=O)[O-])CC1. The Morgan fingerprint density at radius 3 is 2.56 bits per heavy atom. The van der Waals surface area contributed by atoms with Crippen molar-refractivity contribution < 1.29 is 32.7 Å². The minimum Gasteiger partial charge on any atom is -0.487 e. The molecule has 1 saturated heterocycles. The molecule has 3 aromatic carbocycles. The maximum Gasteiger partial charge on any atom is 0.312 e. The summed E-state index contributed by atoms with van der Waals surface area (Å²) in [6, 6.07) is 21.9. The van der Waals surface area contributed by atoms with E-state index in [1.807, 2.05) is 12.1 Å². The number of rotatable bonds is 13. The smallest absolute Gasteiger partial charge is 0.312 e. The number of pyridine rings is 1. The second kappa shape index (κ2) is 16.7. The van der Waals surface area contributed by atoms with Crippen LogP contribution in [-0.2, 0) is 10.0 Å². The molecule has 3 fully saturated rings. The summed E-state index contributed by atoms with van der Waals surface area (Å²) < 4.78 is 41.6. The van der Waals surface area contributed by atoms with Crippen molar-refractivity contribution in [3.05, 3.63) is 124 Å². The standard InChI is InChI=1S/C47H51N5O8S/c1-47(54)21-18-30(19-22-47)29-59-43-17-15-37(27-42(43)52(55)56)61(57,58)50-46(53)40-16-12-33(26-44(40)60-36-25-34-20-23-48-45(34)49-28-36)31-10-13-35(14-11-31)51-24-4-7-41(51)39-6-3-2-5-38(39)32-8-9-32/h2-3,5-6,10,12,15-17,20,23,25-28,30,32,35,41,54H,4,7-9,11,13-14,18-19,21-22,24,29H2,1H3,(H,48,49)(H,50,53)/t30?,35?,41-,47?/m1/s1. The van der Waals surface area contributed by atoms with Gasteiger partial charge in [-0.3, -0.25) is 19.8 Å². The number of sulfonamides is 1. The predicted octanol–water partition coefficient (Wildman–Crippen LogP) is 9.35. The highest BCUT2D eigenvalue weighted by Gasteiger charge is 2.36. The van der Waals surface area contributed by atoms with Crippen molar-refractivity contribution in [2.24, 2.45) is 5.92 Å². The third-order valence-corrected chi connectivity index (χ3v) is 14.4. The second-order valence-electron chi connectivity index (χ2n) is 17.4. The van der Waals surface area contributed by atoms with E-state index in [0.717, 1.165) is 48.4 Å². The topological polar surface area (TPSA) is 177 Å². The van der Waals surface area contributed by atoms with Gasteiger partial charge in [0, 0.05) is 29.7 Å². The summed E-state index contributed by atoms with van der Waals surface area (Å²) in [5.74, 6) is 0.257. The number of nitro benzene ring substituents is 1. The van der Waals surface area contributed by atoms with Crippen LogP contribution < -0.4 is 14.2 Å². The molecular formula is C47H51N5O8S. The quantitative estimate of drug-likeness (QED) is 0.0764. The number of fused-ring (bicyclic) bond motifs is 1. The summed E-state index contributed by atoms with van der Waals surface area (Å²) >= 11 is 0. The molecule has 0 bridgehead atoms. The van der Waals surface area contributed by atoms with Crippen LogP contribution in [0.1, 0.15) is 117 Å². The first-order valence-electron chi connectivity index (χ1n) is 21.4. The Hall–Kier alpha value is -5.57. The van der Waals surface area contributed by atoms with Gasteiger partial charge in [-0.2, -0.15) is 0 Å². The summed E-state index contributed by atoms with van der Waals surface area (Å²) in [4.78, 5) is 35.0. The Kier molecular flexibility index (Phi) is 11.2. The van der Waals surface area contributed by atoms with Gasteiger partial charge in [0.15, 0.2) is 5.75 Å². The number of carbonyl (C=O) groups excluding carboxylic acids is 1. The van der Waals surface area contributed by atoms with Gasteiger partial charge in [-0.1, -0.05) is 36.4 Å². The highest BCUT2D eigenvalue weighted by atomic mass is 32.2. The predicted molar refractivity (Wildman–Crippen MR) is 231 cm³/mol. The zero-order valence-electron chi connectivity index (χ0n) is 34.2. The van der Waals surface area contributed by atoms with Gasteiger partial charge in [-0.15, -0.1) is 0 Å². The Balaban J connectivity index is 0.942. The fourth-order valence-corrected chi connectivity index (χ4v) is 10.4. The number of hydrogen-bond donors (Lipinski definition) is 3. The summed E-state index contributed by atoms with van der Waals surface area (Å²) in [7, 11) is -4.59. The molecule has 1 unspecified atom stereocenters. The van der Waals surface area contributed by atoms with Crippen LogP contribution in [0.5, 0.6) is 17.2 Å². The summed E-state index contributed by atoms with van der Waals surface area (Å²) in [6.07, 6.45) is 15.8. The molecule has 14 heteroatoms. The van der Waals surface area contributed by atoms with Crippen LogP contribution in [0.2, 0.25) is 0 Å². The molecule has 2 atom stereocenters. The van der Waals surface area contributed by atoms with Gasteiger partial charge in [0.1, 0.15) is 17.1 Å². The number of aliphatic hydroxyl groups is 1. The van der Waals surface area contributed by atoms with E-state index in [0.29, 0.717) is 55.1 Å². The van der Waals surface area contributed by atoms with Gasteiger partial charge in [0.25, 0.3) is 15.9 Å². The lowest BCUT2D eigenvalue weighted by atomic mass is 9.80. The average Bonchev–Trinajstić information content (AvgIpc) is 3.79. The minimum absolute atomic E-state index is 0.0362. The molecule has 1 aliphatic heterocycles. The van der Waals surface area contributed by atoms with E-state index in [4.69, 9.17) is 9.47 Å². The van der Waals surface area contributed by atoms with Gasteiger partial charge < -0.3 is 19.6 Å². The zero-order chi connectivity index (χ0) is 42.3. The van der Waals surface area contributed by atoms with Crippen molar-refractivity contribution in [2.75, 3.05) is 13.2 Å². The van der Waals surface area contributed by atoms with Crippen LogP contribution in [0.4, 0.5) is 5.69 Å². The van der Waals surface area contributed by atoms with Crippen LogP contribution in [0, 0.1) is 16.0 Å². The number of nitro groups is 1. The molecular weight excluding hydrogens is 795 g/mol. The molecule has 3 aliphatic carbocycles. The van der Waals surface area contributed by atoms with Crippen molar-refractivity contribution in [1.29, 1.82) is 0 Å². The normalized spacial score (nSPS) is 23.4. The number of likely N-dealkylation sites (tertiary alicyclic amines) is 1. The molecule has 3 heterocycles. The van der Waals surface area contributed by atoms with Crippen LogP contribution in [0.15, 0.2) is 96.2 Å². The average molecular weight is 846 g/mol. The van der Waals surface area contributed by atoms with Crippen molar-refractivity contribution in [3.63, 3.8) is 0 Å². The maximum absolute atomic E-state index is 13.9. The second-order valence-corrected chi connectivity index (χ2v) is 19.1. The Labute approximate surface area is 355 Å². The molecule has 13 nitrogen and oxygen atoms in total. The number of nitrogens with zero attached hydrogens (tertiary/aromatic N) is 3. The van der Waals surface area contributed by atoms with E-state index < -0.39 is 37.0 Å². The van der Waals surface area contributed by atoms with Crippen LogP contribution >= 0.6 is 0 Å². The number of nitrogens with one attached hydrogen (secondary N) is 2. The number of hydrogen-bond acceptors (Lipinski definition) is 10. The molecule has 2 aromatic heterocycles. The van der Waals surface area contributed by atoms with Crippen molar-refractivity contribution in [3.8, 4) is 17.2 Å². The fourth-order valence-electron chi connectivity index (χ4n) is 9.46. The van der Waals surface area contributed by atoms with Crippen LogP contribution in [0.3, 0.4) is 0 Å². The highest BCUT2D eigenvalue weighted by Crippen LogP contribution is 2.47. The zero-order valence-corrected chi connectivity index (χ0v) is 35.0. The molecule has 61 heavy (non-hydrogen) atoms. The number of H-pyrrole nitrogens is 1. The molecule has 9 rings (SSSR count). The van der Waals surface area contributed by atoms with Crippen LogP contribution in [0.25, 0.3) is 16.6 Å². The number of benzene rings is 3. The van der Waals surface area contributed by atoms with E-state index >= 15 is 0 Å². The monoisotopic (exact) mass is 845 g/mol. The van der Waals surface area contributed by atoms with Crippen molar-refractivity contribution >= 4 is 38.2 Å². The first-order valence-corrected chi connectivity index (χ1v) is 22.9. The number of aromatic amines is 1. The fraction of sp³-hybridized carbons (Fsp3) is 0.404.